The Morgan fingerprint density at radius 1 is 1.24 bits per heavy atom. The zero-order valence-corrected chi connectivity index (χ0v) is 13.4. The van der Waals surface area contributed by atoms with E-state index in [-0.39, 0.29) is 18.4 Å². The zero-order valence-electron chi connectivity index (χ0n) is 13.4. The monoisotopic (exact) mass is 295 g/mol. The van der Waals surface area contributed by atoms with E-state index in [1.165, 1.54) is 19.3 Å². The predicted molar refractivity (Wildman–Crippen MR) is 82.9 cm³/mol. The van der Waals surface area contributed by atoms with Gasteiger partial charge in [-0.1, -0.05) is 6.42 Å². The van der Waals surface area contributed by atoms with Crippen LogP contribution in [0.1, 0.15) is 52.4 Å². The van der Waals surface area contributed by atoms with Crippen LogP contribution >= 0.6 is 0 Å². The van der Waals surface area contributed by atoms with Crippen LogP contribution in [-0.4, -0.2) is 59.9 Å². The fourth-order valence-corrected chi connectivity index (χ4v) is 3.51. The minimum Gasteiger partial charge on any atom is -0.355 e. The standard InChI is InChI=1S/C16H29N3O2/c1-13-6-3-7-14(2)19(13)11-5-9-17-15(20)12-18-10-4-8-16(18)21/h13-14H,3-12H2,1-2H3,(H,17,20)/t13-,14-/m0/s1. The molecule has 0 radical (unpaired) electrons. The summed E-state index contributed by atoms with van der Waals surface area (Å²) in [6.45, 7) is 7.31. The molecule has 0 bridgehead atoms. The van der Waals surface area contributed by atoms with E-state index in [4.69, 9.17) is 0 Å². The number of hydrogen-bond donors (Lipinski definition) is 1. The third-order valence-corrected chi connectivity index (χ3v) is 4.80. The molecule has 0 saturated carbocycles. The van der Waals surface area contributed by atoms with Crippen molar-refractivity contribution in [2.75, 3.05) is 26.2 Å². The van der Waals surface area contributed by atoms with Gasteiger partial charge < -0.3 is 10.2 Å². The van der Waals surface area contributed by atoms with E-state index in [0.717, 1.165) is 25.9 Å². The topological polar surface area (TPSA) is 52.7 Å². The second-order valence-corrected chi connectivity index (χ2v) is 6.49. The van der Waals surface area contributed by atoms with E-state index < -0.39 is 0 Å². The lowest BCUT2D eigenvalue weighted by atomic mass is 9.97. The van der Waals surface area contributed by atoms with Crippen molar-refractivity contribution in [3.05, 3.63) is 0 Å². The second kappa shape index (κ2) is 7.78. The molecule has 2 aliphatic heterocycles. The second-order valence-electron chi connectivity index (χ2n) is 6.49. The van der Waals surface area contributed by atoms with Crippen molar-refractivity contribution in [3.8, 4) is 0 Å². The van der Waals surface area contributed by atoms with Crippen LogP contribution in [-0.2, 0) is 9.59 Å². The van der Waals surface area contributed by atoms with Gasteiger partial charge in [0.2, 0.25) is 11.8 Å². The Morgan fingerprint density at radius 3 is 2.57 bits per heavy atom. The van der Waals surface area contributed by atoms with Crippen LogP contribution in [0.5, 0.6) is 0 Å². The van der Waals surface area contributed by atoms with Crippen molar-refractivity contribution in [3.63, 3.8) is 0 Å². The minimum absolute atomic E-state index is 0.0232. The molecule has 2 heterocycles. The van der Waals surface area contributed by atoms with E-state index in [9.17, 15) is 9.59 Å². The fourth-order valence-electron chi connectivity index (χ4n) is 3.51. The molecule has 1 N–H and O–H groups in total. The van der Waals surface area contributed by atoms with Gasteiger partial charge in [0.15, 0.2) is 0 Å². The van der Waals surface area contributed by atoms with Crippen molar-refractivity contribution in [1.82, 2.24) is 15.1 Å². The summed E-state index contributed by atoms with van der Waals surface area (Å²) in [7, 11) is 0. The average molecular weight is 295 g/mol. The Labute approximate surface area is 128 Å². The van der Waals surface area contributed by atoms with Crippen molar-refractivity contribution in [1.29, 1.82) is 0 Å². The number of carbonyl (C=O) groups is 2. The quantitative estimate of drug-likeness (QED) is 0.753. The largest absolute Gasteiger partial charge is 0.355 e. The smallest absolute Gasteiger partial charge is 0.239 e. The van der Waals surface area contributed by atoms with Crippen LogP contribution in [0.3, 0.4) is 0 Å². The Hall–Kier alpha value is -1.10. The van der Waals surface area contributed by atoms with Gasteiger partial charge in [-0.05, 0) is 39.5 Å². The molecule has 0 aromatic heterocycles. The molecular weight excluding hydrogens is 266 g/mol. The van der Waals surface area contributed by atoms with Gasteiger partial charge >= 0.3 is 0 Å². The molecule has 0 spiro atoms. The van der Waals surface area contributed by atoms with Gasteiger partial charge in [-0.25, -0.2) is 0 Å². The summed E-state index contributed by atoms with van der Waals surface area (Å²) >= 11 is 0. The van der Waals surface area contributed by atoms with Crippen LogP contribution < -0.4 is 5.32 Å². The molecule has 0 unspecified atom stereocenters. The van der Waals surface area contributed by atoms with E-state index >= 15 is 0 Å². The van der Waals surface area contributed by atoms with Crippen LogP contribution in [0.15, 0.2) is 0 Å². The third-order valence-electron chi connectivity index (χ3n) is 4.80. The maximum absolute atomic E-state index is 11.8. The Morgan fingerprint density at radius 2 is 1.95 bits per heavy atom. The molecule has 2 amide bonds. The number of likely N-dealkylation sites (tertiary alicyclic amines) is 2. The lowest BCUT2D eigenvalue weighted by Crippen LogP contribution is -2.45. The Kier molecular flexibility index (Phi) is 6.03. The van der Waals surface area contributed by atoms with E-state index in [1.54, 1.807) is 4.90 Å². The van der Waals surface area contributed by atoms with Crippen molar-refractivity contribution in [2.45, 2.75) is 64.5 Å². The van der Waals surface area contributed by atoms with E-state index in [1.807, 2.05) is 0 Å². The van der Waals surface area contributed by atoms with Gasteiger partial charge in [0, 0.05) is 38.1 Å². The minimum atomic E-state index is -0.0232. The highest BCUT2D eigenvalue weighted by molar-refractivity contribution is 5.85. The normalized spacial score (nSPS) is 27.1. The van der Waals surface area contributed by atoms with Gasteiger partial charge in [0.25, 0.3) is 0 Å². The summed E-state index contributed by atoms with van der Waals surface area (Å²) in [5.41, 5.74) is 0. The molecule has 0 aromatic rings. The summed E-state index contributed by atoms with van der Waals surface area (Å²) in [6, 6.07) is 1.32. The van der Waals surface area contributed by atoms with Crippen LogP contribution in [0.25, 0.3) is 0 Å². The predicted octanol–water partition coefficient (Wildman–Crippen LogP) is 1.38. The number of carbonyl (C=O) groups excluding carboxylic acids is 2. The van der Waals surface area contributed by atoms with Crippen molar-refractivity contribution < 1.29 is 9.59 Å². The molecule has 0 aromatic carbocycles. The van der Waals surface area contributed by atoms with E-state index in [0.29, 0.717) is 25.0 Å². The maximum Gasteiger partial charge on any atom is 0.239 e. The lowest BCUT2D eigenvalue weighted by molar-refractivity contribution is -0.133. The SMILES string of the molecule is C[C@H]1CCC[C@H](C)N1CCCNC(=O)CN1CCCC1=O. The van der Waals surface area contributed by atoms with E-state index in [2.05, 4.69) is 24.1 Å². The van der Waals surface area contributed by atoms with Gasteiger partial charge in [0.05, 0.1) is 6.54 Å². The highest BCUT2D eigenvalue weighted by Crippen LogP contribution is 2.22. The third kappa shape index (κ3) is 4.70. The molecule has 2 aliphatic rings. The molecule has 2 atom stereocenters. The van der Waals surface area contributed by atoms with Gasteiger partial charge in [-0.15, -0.1) is 0 Å². The number of amides is 2. The van der Waals surface area contributed by atoms with Crippen LogP contribution in [0.4, 0.5) is 0 Å². The summed E-state index contributed by atoms with van der Waals surface area (Å²) in [6.07, 6.45) is 6.37. The Bertz CT molecular complexity index is 363. The number of hydrogen-bond acceptors (Lipinski definition) is 3. The molecule has 5 heteroatoms. The average Bonchev–Trinajstić information content (AvgIpc) is 2.83. The maximum atomic E-state index is 11.8. The summed E-state index contributed by atoms with van der Waals surface area (Å²) in [5, 5.41) is 2.94. The van der Waals surface area contributed by atoms with Crippen molar-refractivity contribution >= 4 is 11.8 Å². The lowest BCUT2D eigenvalue weighted by Gasteiger charge is -2.39. The zero-order chi connectivity index (χ0) is 15.2. The molecule has 5 nitrogen and oxygen atoms in total. The summed E-state index contributed by atoms with van der Waals surface area (Å²) in [4.78, 5) is 27.5. The van der Waals surface area contributed by atoms with Crippen molar-refractivity contribution in [2.24, 2.45) is 0 Å². The first-order chi connectivity index (χ1) is 10.1. The highest BCUT2D eigenvalue weighted by Gasteiger charge is 2.24. The van der Waals surface area contributed by atoms with Gasteiger partial charge in [-0.3, -0.25) is 14.5 Å². The van der Waals surface area contributed by atoms with Crippen LogP contribution in [0, 0.1) is 0 Å². The van der Waals surface area contributed by atoms with Gasteiger partial charge in [-0.2, -0.15) is 0 Å². The molecule has 21 heavy (non-hydrogen) atoms. The molecular formula is C16H29N3O2. The first-order valence-corrected chi connectivity index (χ1v) is 8.38. The number of nitrogens with one attached hydrogen (secondary N) is 1. The number of rotatable bonds is 6. The fraction of sp³-hybridized carbons (Fsp3) is 0.875. The molecule has 2 fully saturated rings. The number of nitrogens with zero attached hydrogens (tertiary/aromatic N) is 2. The first-order valence-electron chi connectivity index (χ1n) is 8.38. The van der Waals surface area contributed by atoms with Crippen LogP contribution in [0.2, 0.25) is 0 Å². The molecule has 0 aliphatic carbocycles. The summed E-state index contributed by atoms with van der Waals surface area (Å²) in [5.74, 6) is 0.0890. The first kappa shape index (κ1) is 16.3. The molecule has 2 rings (SSSR count). The number of piperidine rings is 1. The molecule has 2 saturated heterocycles. The molecule has 120 valence electrons. The highest BCUT2D eigenvalue weighted by atomic mass is 16.2. The van der Waals surface area contributed by atoms with Gasteiger partial charge in [0.1, 0.15) is 0 Å². The summed E-state index contributed by atoms with van der Waals surface area (Å²) < 4.78 is 0. The Balaban J connectivity index is 1.60.